The fourth-order valence-electron chi connectivity index (χ4n) is 2.89. The monoisotopic (exact) mass is 382 g/mol. The Hall–Kier alpha value is -0.805. The second kappa shape index (κ2) is 21.5. The van der Waals surface area contributed by atoms with E-state index in [1.807, 2.05) is 13.8 Å². The van der Waals surface area contributed by atoms with Crippen LogP contribution in [0.1, 0.15) is 111 Å². The first-order valence-corrected chi connectivity index (χ1v) is 11.3. The molecule has 27 heavy (non-hydrogen) atoms. The quantitative estimate of drug-likeness (QED) is 0.135. The zero-order valence-electron chi connectivity index (χ0n) is 18.2. The van der Waals surface area contributed by atoms with Gasteiger partial charge in [-0.1, -0.05) is 70.4 Å². The summed E-state index contributed by atoms with van der Waals surface area (Å²) in [5.41, 5.74) is 0. The zero-order valence-corrected chi connectivity index (χ0v) is 18.2. The summed E-state index contributed by atoms with van der Waals surface area (Å²) in [4.78, 5) is 11.7. The van der Waals surface area contributed by atoms with Gasteiger partial charge >= 0.3 is 7.32 Å². The number of allylic oxidation sites excluding steroid dienone is 2. The summed E-state index contributed by atoms with van der Waals surface area (Å²) in [6.07, 6.45) is 21.4. The van der Waals surface area contributed by atoms with Gasteiger partial charge in [-0.2, -0.15) is 0 Å². The van der Waals surface area contributed by atoms with E-state index in [1.165, 1.54) is 70.6 Å². The molecule has 0 amide bonds. The second-order valence-electron chi connectivity index (χ2n) is 7.02. The normalized spacial score (nSPS) is 11.2. The molecule has 0 atom stereocenters. The predicted octanol–water partition coefficient (Wildman–Crippen LogP) is 6.63. The number of rotatable bonds is 20. The van der Waals surface area contributed by atoms with E-state index in [-0.39, 0.29) is 5.97 Å². The van der Waals surface area contributed by atoms with Gasteiger partial charge < -0.3 is 14.0 Å². The third-order valence-corrected chi connectivity index (χ3v) is 4.48. The Labute approximate surface area is 168 Å². The molecule has 0 fully saturated rings. The van der Waals surface area contributed by atoms with Crippen LogP contribution in [-0.2, 0) is 18.8 Å². The van der Waals surface area contributed by atoms with Gasteiger partial charge in [-0.3, -0.25) is 4.79 Å². The maximum absolute atomic E-state index is 11.7. The highest BCUT2D eigenvalue weighted by atomic mass is 16.7. The van der Waals surface area contributed by atoms with E-state index in [0.29, 0.717) is 19.6 Å². The van der Waals surface area contributed by atoms with E-state index >= 15 is 0 Å². The second-order valence-corrected chi connectivity index (χ2v) is 7.02. The molecule has 0 aromatic rings. The van der Waals surface area contributed by atoms with Gasteiger partial charge in [0, 0.05) is 19.6 Å². The summed E-state index contributed by atoms with van der Waals surface area (Å²) < 4.78 is 15.6. The van der Waals surface area contributed by atoms with Gasteiger partial charge in [0.25, 0.3) is 5.97 Å². The highest BCUT2D eigenvalue weighted by Crippen LogP contribution is 2.10. The van der Waals surface area contributed by atoms with E-state index in [0.717, 1.165) is 12.8 Å². The average molecular weight is 382 g/mol. The predicted molar refractivity (Wildman–Crippen MR) is 115 cm³/mol. The number of carbonyl (C=O) groups excluding carboxylic acids is 1. The summed E-state index contributed by atoms with van der Waals surface area (Å²) in [6, 6.07) is 0. The molecule has 0 aromatic heterocycles. The molecule has 0 saturated carbocycles. The van der Waals surface area contributed by atoms with Crippen LogP contribution in [0.2, 0.25) is 0 Å². The van der Waals surface area contributed by atoms with Crippen molar-refractivity contribution in [1.82, 2.24) is 0 Å². The zero-order chi connectivity index (χ0) is 20.0. The van der Waals surface area contributed by atoms with Crippen molar-refractivity contribution in [3.63, 3.8) is 0 Å². The van der Waals surface area contributed by atoms with Crippen LogP contribution in [0.4, 0.5) is 0 Å². The Kier molecular flexibility index (Phi) is 20.9. The number of carbonyl (C=O) groups is 1. The van der Waals surface area contributed by atoms with Crippen molar-refractivity contribution in [2.45, 2.75) is 111 Å². The topological polar surface area (TPSA) is 44.8 Å². The van der Waals surface area contributed by atoms with Crippen LogP contribution in [0.25, 0.3) is 0 Å². The van der Waals surface area contributed by atoms with Crippen molar-refractivity contribution in [3.8, 4) is 0 Å². The Morgan fingerprint density at radius 3 is 1.70 bits per heavy atom. The number of hydrogen-bond donors (Lipinski definition) is 0. The van der Waals surface area contributed by atoms with Crippen molar-refractivity contribution in [2.24, 2.45) is 0 Å². The molecule has 0 spiro atoms. The minimum atomic E-state index is -0.851. The van der Waals surface area contributed by atoms with Crippen molar-refractivity contribution < 1.29 is 18.8 Å². The van der Waals surface area contributed by atoms with Crippen molar-refractivity contribution in [3.05, 3.63) is 12.2 Å². The van der Waals surface area contributed by atoms with E-state index < -0.39 is 7.32 Å². The third-order valence-electron chi connectivity index (χ3n) is 4.48. The molecule has 0 aromatic carbocycles. The fourth-order valence-corrected chi connectivity index (χ4v) is 2.89. The Morgan fingerprint density at radius 2 is 1.19 bits per heavy atom. The molecule has 0 heterocycles. The lowest BCUT2D eigenvalue weighted by atomic mass is 10.1. The summed E-state index contributed by atoms with van der Waals surface area (Å²) in [5, 5.41) is 0. The lowest BCUT2D eigenvalue weighted by molar-refractivity contribution is -0.138. The first-order chi connectivity index (χ1) is 13.2. The minimum absolute atomic E-state index is 0.237. The molecule has 5 heteroatoms. The smallest absolute Gasteiger partial charge is 0.485 e. The van der Waals surface area contributed by atoms with Crippen LogP contribution in [-0.4, -0.2) is 26.5 Å². The van der Waals surface area contributed by atoms with E-state index in [1.54, 1.807) is 0 Å². The van der Waals surface area contributed by atoms with Crippen LogP contribution in [0, 0.1) is 0 Å². The van der Waals surface area contributed by atoms with Gasteiger partial charge in [0.1, 0.15) is 0 Å². The van der Waals surface area contributed by atoms with Gasteiger partial charge in [-0.15, -0.1) is 0 Å². The van der Waals surface area contributed by atoms with Crippen LogP contribution < -0.4 is 0 Å². The fraction of sp³-hybridized carbons (Fsp3) is 0.864. The van der Waals surface area contributed by atoms with Gasteiger partial charge in [0.2, 0.25) is 0 Å². The number of hydrogen-bond acceptors (Lipinski definition) is 4. The minimum Gasteiger partial charge on any atom is -0.485 e. The highest BCUT2D eigenvalue weighted by Gasteiger charge is 2.24. The maximum atomic E-state index is 11.7. The van der Waals surface area contributed by atoms with Crippen LogP contribution in [0.15, 0.2) is 12.2 Å². The van der Waals surface area contributed by atoms with Gasteiger partial charge in [-0.25, -0.2) is 0 Å². The molecule has 4 nitrogen and oxygen atoms in total. The van der Waals surface area contributed by atoms with Crippen LogP contribution in [0.5, 0.6) is 0 Å². The lowest BCUT2D eigenvalue weighted by Gasteiger charge is -2.11. The Balaban J connectivity index is 3.38. The van der Waals surface area contributed by atoms with Gasteiger partial charge in [-0.05, 0) is 46.0 Å². The third kappa shape index (κ3) is 19.8. The summed E-state index contributed by atoms with van der Waals surface area (Å²) in [6.45, 7) is 6.89. The summed E-state index contributed by atoms with van der Waals surface area (Å²) >= 11 is 0. The van der Waals surface area contributed by atoms with E-state index in [2.05, 4.69) is 19.1 Å². The Morgan fingerprint density at radius 1 is 0.704 bits per heavy atom. The molecule has 0 rings (SSSR count). The lowest BCUT2D eigenvalue weighted by Crippen LogP contribution is -2.30. The van der Waals surface area contributed by atoms with Gasteiger partial charge in [0.05, 0.1) is 0 Å². The maximum Gasteiger partial charge on any atom is 0.715 e. The molecule has 0 N–H and O–H groups in total. The molecule has 158 valence electrons. The van der Waals surface area contributed by atoms with Crippen LogP contribution >= 0.6 is 0 Å². The molecular weight excluding hydrogens is 339 g/mol. The first-order valence-electron chi connectivity index (χ1n) is 11.3. The first kappa shape index (κ1) is 26.2. The molecule has 0 unspecified atom stereocenters. The van der Waals surface area contributed by atoms with Crippen molar-refractivity contribution in [1.29, 1.82) is 0 Å². The number of unbranched alkanes of at least 4 members (excludes halogenated alkanes) is 11. The highest BCUT2D eigenvalue weighted by molar-refractivity contribution is 6.39. The average Bonchev–Trinajstić information content (AvgIpc) is 2.65. The summed E-state index contributed by atoms with van der Waals surface area (Å²) in [7, 11) is -0.851. The van der Waals surface area contributed by atoms with Crippen molar-refractivity contribution >= 4 is 13.3 Å². The SMILES string of the molecule is CCCCCCCC/C=C\CCCCCCCC(=O)OB(OCC)OCC. The van der Waals surface area contributed by atoms with E-state index in [4.69, 9.17) is 14.0 Å². The molecule has 0 radical (unpaired) electrons. The molecule has 0 aliphatic rings. The van der Waals surface area contributed by atoms with E-state index in [9.17, 15) is 4.79 Å². The standard InChI is InChI=1S/C22H43BO4/c1-4-7-8-9-10-11-12-13-14-15-16-17-18-19-20-21-22(24)27-23(25-5-2)26-6-3/h13-14H,4-12,15-21H2,1-3H3/b14-13-. The molecule has 0 bridgehead atoms. The Bertz CT molecular complexity index is 341. The summed E-state index contributed by atoms with van der Waals surface area (Å²) in [5.74, 6) is -0.237. The van der Waals surface area contributed by atoms with Crippen LogP contribution in [0.3, 0.4) is 0 Å². The van der Waals surface area contributed by atoms with Crippen molar-refractivity contribution in [2.75, 3.05) is 13.2 Å². The molecule has 0 aliphatic heterocycles. The molecule has 0 aliphatic carbocycles. The molecule has 0 saturated heterocycles. The largest absolute Gasteiger partial charge is 0.715 e. The molecular formula is C22H43BO4. The van der Waals surface area contributed by atoms with Gasteiger partial charge in [0.15, 0.2) is 0 Å².